The van der Waals surface area contributed by atoms with Gasteiger partial charge in [-0.25, -0.2) is 0 Å². The van der Waals surface area contributed by atoms with E-state index < -0.39 is 0 Å². The molecule has 0 unspecified atom stereocenters. The van der Waals surface area contributed by atoms with E-state index in [1.54, 1.807) is 0 Å². The summed E-state index contributed by atoms with van der Waals surface area (Å²) in [5.74, 6) is 1.62. The van der Waals surface area contributed by atoms with Gasteiger partial charge in [0.1, 0.15) is 0 Å². The third kappa shape index (κ3) is 2.85. The Kier molecular flexibility index (Phi) is 3.80. The SMILES string of the molecule is CN(C)c1ccc(Cl)cc1NCc1cccc2c1OCO2. The van der Waals surface area contributed by atoms with Crippen LogP contribution in [-0.4, -0.2) is 20.9 Å². The number of fused-ring (bicyclic) bond motifs is 1. The lowest BCUT2D eigenvalue weighted by molar-refractivity contribution is 0.173. The first kappa shape index (κ1) is 13.9. The Morgan fingerprint density at radius 2 is 2.05 bits per heavy atom. The van der Waals surface area contributed by atoms with Crippen molar-refractivity contribution >= 4 is 23.0 Å². The summed E-state index contributed by atoms with van der Waals surface area (Å²) < 4.78 is 10.9. The molecule has 0 bridgehead atoms. The average Bonchev–Trinajstić information content (AvgIpc) is 2.93. The third-order valence-corrected chi connectivity index (χ3v) is 3.62. The number of benzene rings is 2. The van der Waals surface area contributed by atoms with Crippen molar-refractivity contribution in [3.05, 3.63) is 47.0 Å². The summed E-state index contributed by atoms with van der Waals surface area (Å²) >= 11 is 6.09. The standard InChI is InChI=1S/C16H17ClN2O2/c1-19(2)14-7-6-12(17)8-13(14)18-9-11-4-3-5-15-16(11)21-10-20-15/h3-8,18H,9-10H2,1-2H3. The number of anilines is 2. The average molecular weight is 305 g/mol. The first-order valence-electron chi connectivity index (χ1n) is 6.73. The highest BCUT2D eigenvalue weighted by atomic mass is 35.5. The maximum atomic E-state index is 6.09. The van der Waals surface area contributed by atoms with Crippen LogP contribution in [0.1, 0.15) is 5.56 Å². The van der Waals surface area contributed by atoms with Gasteiger partial charge in [-0.1, -0.05) is 23.7 Å². The molecule has 21 heavy (non-hydrogen) atoms. The monoisotopic (exact) mass is 304 g/mol. The van der Waals surface area contributed by atoms with Crippen LogP contribution in [0.4, 0.5) is 11.4 Å². The van der Waals surface area contributed by atoms with Gasteiger partial charge in [0.05, 0.1) is 11.4 Å². The molecular weight excluding hydrogens is 288 g/mol. The summed E-state index contributed by atoms with van der Waals surface area (Å²) in [4.78, 5) is 2.05. The van der Waals surface area contributed by atoms with Gasteiger partial charge in [0.25, 0.3) is 0 Å². The fourth-order valence-corrected chi connectivity index (χ4v) is 2.53. The molecule has 1 heterocycles. The molecule has 4 nitrogen and oxygen atoms in total. The van der Waals surface area contributed by atoms with Crippen LogP contribution in [0.15, 0.2) is 36.4 Å². The van der Waals surface area contributed by atoms with Crippen LogP contribution < -0.4 is 19.7 Å². The number of nitrogens with one attached hydrogen (secondary N) is 1. The molecule has 1 aliphatic rings. The van der Waals surface area contributed by atoms with Crippen LogP contribution >= 0.6 is 11.6 Å². The van der Waals surface area contributed by atoms with Gasteiger partial charge in [-0.15, -0.1) is 0 Å². The lowest BCUT2D eigenvalue weighted by Crippen LogP contribution is -2.12. The zero-order chi connectivity index (χ0) is 14.8. The molecular formula is C16H17ClN2O2. The Morgan fingerprint density at radius 3 is 2.86 bits per heavy atom. The molecule has 0 aromatic heterocycles. The number of nitrogens with zero attached hydrogens (tertiary/aromatic N) is 1. The Hall–Kier alpha value is -2.07. The molecule has 5 heteroatoms. The second-order valence-corrected chi connectivity index (χ2v) is 5.50. The number of ether oxygens (including phenoxy) is 2. The Morgan fingerprint density at radius 1 is 1.19 bits per heavy atom. The van der Waals surface area contributed by atoms with Gasteiger partial charge in [-0.05, 0) is 24.3 Å². The van der Waals surface area contributed by atoms with Crippen molar-refractivity contribution in [2.45, 2.75) is 6.54 Å². The minimum Gasteiger partial charge on any atom is -0.454 e. The number of halogens is 1. The molecule has 110 valence electrons. The van der Waals surface area contributed by atoms with E-state index in [1.165, 1.54) is 0 Å². The van der Waals surface area contributed by atoms with Gasteiger partial charge in [0.2, 0.25) is 6.79 Å². The second kappa shape index (κ2) is 5.74. The fourth-order valence-electron chi connectivity index (χ4n) is 2.36. The summed E-state index contributed by atoms with van der Waals surface area (Å²) in [5, 5.41) is 4.13. The van der Waals surface area contributed by atoms with Crippen LogP contribution in [0.3, 0.4) is 0 Å². The molecule has 2 aromatic carbocycles. The van der Waals surface area contributed by atoms with E-state index in [0.717, 1.165) is 28.4 Å². The predicted octanol–water partition coefficient (Wildman–Crippen LogP) is 3.75. The third-order valence-electron chi connectivity index (χ3n) is 3.39. The van der Waals surface area contributed by atoms with Crippen molar-refractivity contribution in [3.8, 4) is 11.5 Å². The molecule has 0 radical (unpaired) electrons. The molecule has 0 fully saturated rings. The van der Waals surface area contributed by atoms with E-state index in [4.69, 9.17) is 21.1 Å². The van der Waals surface area contributed by atoms with Gasteiger partial charge in [-0.2, -0.15) is 0 Å². The summed E-state index contributed by atoms with van der Waals surface area (Å²) in [6.07, 6.45) is 0. The van der Waals surface area contributed by atoms with Crippen LogP contribution in [0.5, 0.6) is 11.5 Å². The van der Waals surface area contributed by atoms with E-state index >= 15 is 0 Å². The van der Waals surface area contributed by atoms with Gasteiger partial charge in [-0.3, -0.25) is 0 Å². The minimum atomic E-state index is 0.284. The van der Waals surface area contributed by atoms with E-state index in [-0.39, 0.29) is 6.79 Å². The van der Waals surface area contributed by atoms with E-state index in [1.807, 2.05) is 55.4 Å². The van der Waals surface area contributed by atoms with Crippen molar-refractivity contribution in [3.63, 3.8) is 0 Å². The highest BCUT2D eigenvalue weighted by Gasteiger charge is 2.17. The van der Waals surface area contributed by atoms with Gasteiger partial charge >= 0.3 is 0 Å². The second-order valence-electron chi connectivity index (χ2n) is 5.06. The van der Waals surface area contributed by atoms with E-state index in [0.29, 0.717) is 11.6 Å². The van der Waals surface area contributed by atoms with Crippen molar-refractivity contribution in [1.82, 2.24) is 0 Å². The normalized spacial score (nSPS) is 12.3. The zero-order valence-electron chi connectivity index (χ0n) is 12.0. The highest BCUT2D eigenvalue weighted by Crippen LogP contribution is 2.36. The smallest absolute Gasteiger partial charge is 0.231 e. The number of rotatable bonds is 4. The summed E-state index contributed by atoms with van der Waals surface area (Å²) in [6.45, 7) is 0.931. The van der Waals surface area contributed by atoms with Crippen molar-refractivity contribution in [2.24, 2.45) is 0 Å². The number of para-hydroxylation sites is 1. The highest BCUT2D eigenvalue weighted by molar-refractivity contribution is 6.31. The lowest BCUT2D eigenvalue weighted by atomic mass is 10.1. The van der Waals surface area contributed by atoms with Gasteiger partial charge < -0.3 is 19.7 Å². The summed E-state index contributed by atoms with van der Waals surface area (Å²) in [5.41, 5.74) is 3.14. The van der Waals surface area contributed by atoms with Gasteiger partial charge in [0.15, 0.2) is 11.5 Å². The summed E-state index contributed by atoms with van der Waals surface area (Å²) in [6, 6.07) is 11.7. The maximum Gasteiger partial charge on any atom is 0.231 e. The Labute approximate surface area is 129 Å². The molecule has 3 rings (SSSR count). The lowest BCUT2D eigenvalue weighted by Gasteiger charge is -2.19. The molecule has 1 N–H and O–H groups in total. The Balaban J connectivity index is 1.83. The molecule has 0 aliphatic carbocycles. The van der Waals surface area contributed by atoms with Crippen LogP contribution in [-0.2, 0) is 6.54 Å². The van der Waals surface area contributed by atoms with E-state index in [2.05, 4.69) is 5.32 Å². The van der Waals surface area contributed by atoms with Crippen LogP contribution in [0.2, 0.25) is 5.02 Å². The van der Waals surface area contributed by atoms with E-state index in [9.17, 15) is 0 Å². The number of hydrogen-bond donors (Lipinski definition) is 1. The summed E-state index contributed by atoms with van der Waals surface area (Å²) in [7, 11) is 4.01. The molecule has 1 aliphatic heterocycles. The largest absolute Gasteiger partial charge is 0.454 e. The zero-order valence-corrected chi connectivity index (χ0v) is 12.8. The number of hydrogen-bond acceptors (Lipinski definition) is 4. The van der Waals surface area contributed by atoms with Crippen molar-refractivity contribution in [2.75, 3.05) is 31.1 Å². The van der Waals surface area contributed by atoms with Crippen LogP contribution in [0, 0.1) is 0 Å². The van der Waals surface area contributed by atoms with Gasteiger partial charge in [0, 0.05) is 31.2 Å². The van der Waals surface area contributed by atoms with Crippen LogP contribution in [0.25, 0.3) is 0 Å². The quantitative estimate of drug-likeness (QED) is 0.933. The first-order chi connectivity index (χ1) is 10.1. The molecule has 0 saturated heterocycles. The maximum absolute atomic E-state index is 6.09. The predicted molar refractivity (Wildman–Crippen MR) is 85.7 cm³/mol. The van der Waals surface area contributed by atoms with Crippen molar-refractivity contribution in [1.29, 1.82) is 0 Å². The minimum absolute atomic E-state index is 0.284. The molecule has 2 aromatic rings. The topological polar surface area (TPSA) is 33.7 Å². The van der Waals surface area contributed by atoms with Crippen molar-refractivity contribution < 1.29 is 9.47 Å². The fraction of sp³-hybridized carbons (Fsp3) is 0.250. The molecule has 0 amide bonds. The molecule has 0 saturated carbocycles. The molecule has 0 atom stereocenters. The molecule has 0 spiro atoms. The Bertz CT molecular complexity index is 659. The first-order valence-corrected chi connectivity index (χ1v) is 7.11.